The molecule has 17 heavy (non-hydrogen) atoms. The lowest BCUT2D eigenvalue weighted by Gasteiger charge is -2.11. The Hall–Kier alpha value is -1.02. The van der Waals surface area contributed by atoms with Crippen LogP contribution in [0.5, 0.6) is 0 Å². The molecule has 0 unspecified atom stereocenters. The van der Waals surface area contributed by atoms with Gasteiger partial charge < -0.3 is 5.32 Å². The van der Waals surface area contributed by atoms with E-state index in [1.165, 1.54) is 12.8 Å². The number of carbonyl (C=O) groups is 1. The molecule has 3 heteroatoms. The van der Waals surface area contributed by atoms with Crippen LogP contribution in [-0.2, 0) is 11.2 Å². The zero-order valence-electron chi connectivity index (χ0n) is 9.92. The average molecular weight is 252 g/mol. The van der Waals surface area contributed by atoms with Gasteiger partial charge in [0.15, 0.2) is 0 Å². The van der Waals surface area contributed by atoms with Crippen molar-refractivity contribution in [2.45, 2.75) is 44.6 Å². The van der Waals surface area contributed by atoms with Gasteiger partial charge in [0, 0.05) is 17.5 Å². The molecule has 1 aliphatic rings. The van der Waals surface area contributed by atoms with E-state index >= 15 is 0 Å². The molecule has 0 radical (unpaired) electrons. The van der Waals surface area contributed by atoms with Crippen molar-refractivity contribution in [1.82, 2.24) is 5.32 Å². The first-order chi connectivity index (χ1) is 8.25. The van der Waals surface area contributed by atoms with Crippen LogP contribution in [0.25, 0.3) is 0 Å². The summed E-state index contributed by atoms with van der Waals surface area (Å²) in [6, 6.07) is 8.12. The van der Waals surface area contributed by atoms with Gasteiger partial charge in [-0.1, -0.05) is 42.6 Å². The highest BCUT2D eigenvalue weighted by atomic mass is 35.5. The lowest BCUT2D eigenvalue weighted by molar-refractivity contribution is -0.121. The van der Waals surface area contributed by atoms with Crippen molar-refractivity contribution in [2.24, 2.45) is 0 Å². The summed E-state index contributed by atoms with van der Waals surface area (Å²) in [6.07, 6.45) is 6.01. The van der Waals surface area contributed by atoms with Gasteiger partial charge >= 0.3 is 0 Å². The van der Waals surface area contributed by atoms with E-state index in [2.05, 4.69) is 5.32 Å². The van der Waals surface area contributed by atoms with Crippen LogP contribution >= 0.6 is 11.6 Å². The monoisotopic (exact) mass is 251 g/mol. The highest BCUT2D eigenvalue weighted by Gasteiger charge is 2.16. The van der Waals surface area contributed by atoms with E-state index in [0.717, 1.165) is 29.8 Å². The smallest absolute Gasteiger partial charge is 0.220 e. The summed E-state index contributed by atoms with van der Waals surface area (Å²) in [4.78, 5) is 11.7. The first-order valence-electron chi connectivity index (χ1n) is 6.28. The minimum Gasteiger partial charge on any atom is -0.353 e. The van der Waals surface area contributed by atoms with Crippen LogP contribution in [0, 0.1) is 0 Å². The van der Waals surface area contributed by atoms with Crippen LogP contribution in [0.2, 0.25) is 5.02 Å². The highest BCUT2D eigenvalue weighted by Crippen LogP contribution is 2.19. The van der Waals surface area contributed by atoms with Gasteiger partial charge in [0.05, 0.1) is 0 Å². The second-order valence-corrected chi connectivity index (χ2v) is 5.05. The summed E-state index contributed by atoms with van der Waals surface area (Å²) in [5.41, 5.74) is 1.05. The summed E-state index contributed by atoms with van der Waals surface area (Å²) < 4.78 is 0. The fraction of sp³-hybridized carbons (Fsp3) is 0.500. The quantitative estimate of drug-likeness (QED) is 0.874. The Morgan fingerprint density at radius 1 is 1.29 bits per heavy atom. The molecular weight excluding hydrogens is 234 g/mol. The summed E-state index contributed by atoms with van der Waals surface area (Å²) in [5, 5.41) is 3.84. The van der Waals surface area contributed by atoms with Gasteiger partial charge in [0.2, 0.25) is 5.91 Å². The molecule has 1 amide bonds. The molecule has 2 rings (SSSR count). The maximum absolute atomic E-state index is 11.7. The standard InChI is InChI=1S/C14H18ClNO/c15-13-8-4-1-5-11(13)9-10-14(17)16-12-6-2-3-7-12/h1,4-5,8,12H,2-3,6-7,9-10H2,(H,16,17). The lowest BCUT2D eigenvalue weighted by Crippen LogP contribution is -2.32. The summed E-state index contributed by atoms with van der Waals surface area (Å²) >= 11 is 6.05. The molecule has 2 nitrogen and oxygen atoms in total. The van der Waals surface area contributed by atoms with Crippen molar-refractivity contribution >= 4 is 17.5 Å². The third-order valence-electron chi connectivity index (χ3n) is 3.30. The molecule has 92 valence electrons. The Balaban J connectivity index is 1.77. The molecule has 1 aliphatic carbocycles. The number of carbonyl (C=O) groups excluding carboxylic acids is 1. The van der Waals surface area contributed by atoms with E-state index in [-0.39, 0.29) is 5.91 Å². The van der Waals surface area contributed by atoms with E-state index in [1.807, 2.05) is 24.3 Å². The third-order valence-corrected chi connectivity index (χ3v) is 3.67. The normalized spacial score (nSPS) is 16.1. The van der Waals surface area contributed by atoms with Crippen LogP contribution in [0.3, 0.4) is 0 Å². The predicted octanol–water partition coefficient (Wildman–Crippen LogP) is 3.33. The van der Waals surface area contributed by atoms with E-state index in [9.17, 15) is 4.79 Å². The highest BCUT2D eigenvalue weighted by molar-refractivity contribution is 6.31. The Kier molecular flexibility index (Phi) is 4.43. The molecule has 0 atom stereocenters. The maximum Gasteiger partial charge on any atom is 0.220 e. The molecule has 1 N–H and O–H groups in total. The number of rotatable bonds is 4. The predicted molar refractivity (Wildman–Crippen MR) is 70.2 cm³/mol. The van der Waals surface area contributed by atoms with Gasteiger partial charge in [-0.15, -0.1) is 0 Å². The first-order valence-corrected chi connectivity index (χ1v) is 6.66. The fourth-order valence-electron chi connectivity index (χ4n) is 2.32. The van der Waals surface area contributed by atoms with Crippen LogP contribution in [0.15, 0.2) is 24.3 Å². The molecule has 0 bridgehead atoms. The van der Waals surface area contributed by atoms with Crippen molar-refractivity contribution < 1.29 is 4.79 Å². The van der Waals surface area contributed by atoms with Gasteiger partial charge in [0.25, 0.3) is 0 Å². The number of hydrogen-bond donors (Lipinski definition) is 1. The molecule has 0 spiro atoms. The SMILES string of the molecule is O=C(CCc1ccccc1Cl)NC1CCCC1. The first kappa shape index (κ1) is 12.4. The van der Waals surface area contributed by atoms with E-state index in [1.54, 1.807) is 0 Å². The molecule has 0 saturated heterocycles. The molecule has 1 aromatic carbocycles. The van der Waals surface area contributed by atoms with Crippen molar-refractivity contribution in [2.75, 3.05) is 0 Å². The van der Waals surface area contributed by atoms with Crippen LogP contribution in [0.1, 0.15) is 37.7 Å². The molecule has 1 fully saturated rings. The number of hydrogen-bond acceptors (Lipinski definition) is 1. The zero-order chi connectivity index (χ0) is 12.1. The van der Waals surface area contributed by atoms with Crippen molar-refractivity contribution in [3.05, 3.63) is 34.9 Å². The minimum absolute atomic E-state index is 0.150. The van der Waals surface area contributed by atoms with Crippen molar-refractivity contribution in [3.63, 3.8) is 0 Å². The van der Waals surface area contributed by atoms with E-state index in [0.29, 0.717) is 12.5 Å². The lowest BCUT2D eigenvalue weighted by atomic mass is 10.1. The van der Waals surface area contributed by atoms with Gasteiger partial charge in [-0.05, 0) is 30.9 Å². The number of aryl methyl sites for hydroxylation is 1. The Bertz CT molecular complexity index is 386. The Morgan fingerprint density at radius 3 is 2.71 bits per heavy atom. The summed E-state index contributed by atoms with van der Waals surface area (Å²) in [6.45, 7) is 0. The van der Waals surface area contributed by atoms with Crippen molar-refractivity contribution in [3.8, 4) is 0 Å². The summed E-state index contributed by atoms with van der Waals surface area (Å²) in [7, 11) is 0. The van der Waals surface area contributed by atoms with Gasteiger partial charge in [-0.25, -0.2) is 0 Å². The van der Waals surface area contributed by atoms with Crippen molar-refractivity contribution in [1.29, 1.82) is 0 Å². The van der Waals surface area contributed by atoms with Gasteiger partial charge in [-0.2, -0.15) is 0 Å². The summed E-state index contributed by atoms with van der Waals surface area (Å²) in [5.74, 6) is 0.150. The Labute approximate surface area is 107 Å². The fourth-order valence-corrected chi connectivity index (χ4v) is 2.55. The Morgan fingerprint density at radius 2 is 2.00 bits per heavy atom. The molecule has 0 aliphatic heterocycles. The number of amides is 1. The third kappa shape index (κ3) is 3.74. The maximum atomic E-state index is 11.7. The van der Waals surface area contributed by atoms with Gasteiger partial charge in [-0.3, -0.25) is 4.79 Å². The molecule has 0 heterocycles. The zero-order valence-corrected chi connectivity index (χ0v) is 10.7. The minimum atomic E-state index is 0.150. The van der Waals surface area contributed by atoms with Crippen LogP contribution in [-0.4, -0.2) is 11.9 Å². The molecule has 1 saturated carbocycles. The topological polar surface area (TPSA) is 29.1 Å². The van der Waals surface area contributed by atoms with E-state index in [4.69, 9.17) is 11.6 Å². The largest absolute Gasteiger partial charge is 0.353 e. The average Bonchev–Trinajstić information content (AvgIpc) is 2.81. The second kappa shape index (κ2) is 6.06. The van der Waals surface area contributed by atoms with Gasteiger partial charge in [0.1, 0.15) is 0 Å². The molecular formula is C14H18ClNO. The number of benzene rings is 1. The molecule has 1 aromatic rings. The van der Waals surface area contributed by atoms with Crippen LogP contribution < -0.4 is 5.32 Å². The number of halogens is 1. The van der Waals surface area contributed by atoms with Crippen LogP contribution in [0.4, 0.5) is 0 Å². The van der Waals surface area contributed by atoms with E-state index < -0.39 is 0 Å². The number of nitrogens with one attached hydrogen (secondary N) is 1. The second-order valence-electron chi connectivity index (χ2n) is 4.64. The molecule has 0 aromatic heterocycles.